The van der Waals surface area contributed by atoms with Crippen LogP contribution in [0.1, 0.15) is 123 Å². The van der Waals surface area contributed by atoms with E-state index in [1.54, 1.807) is 4.57 Å². The van der Waals surface area contributed by atoms with Gasteiger partial charge in [-0.2, -0.15) is 0 Å². The van der Waals surface area contributed by atoms with Crippen LogP contribution in [0.15, 0.2) is 260 Å². The topological polar surface area (TPSA) is 22.3 Å². The smallest absolute Gasteiger partial charge is 0.247 e. The average Bonchev–Trinajstić information content (AvgIpc) is 0.765. The standard InChI is InChI=1S/C85H70BN3O/c1-82(2,3)56-40-44-76(65(49-56)53-25-11-10-12-26-53)89-77-47-54(55-45-57(83(4,5)6)48-58(46-55)84(7,8)9)39-42-71(77)86-70-43-41-59(87-72-33-19-13-27-61(72)62-28-14-20-34-73(62)87)50-68(70)85(66-31-17-23-37-79(66)90-80-38-24-18-32-67(80)85)69-51-60(52-78(89)81(69)86)88-74-35-21-15-29-63(74)64-30-16-22-36-75(64)88/h10-52H,1-9H3/i13D,14D,15D,16D,19D,20D,21D,22D,27D,28D,29D,30D,33D,34D,35D,36D. The van der Waals surface area contributed by atoms with E-state index in [-0.39, 0.29) is 71.2 Å². The van der Waals surface area contributed by atoms with E-state index in [0.29, 0.717) is 39.4 Å². The minimum atomic E-state index is -1.57. The Morgan fingerprint density at radius 2 is 0.867 bits per heavy atom. The van der Waals surface area contributed by atoms with Gasteiger partial charge in [0.1, 0.15) is 11.5 Å². The van der Waals surface area contributed by atoms with Crippen LogP contribution in [0.5, 0.6) is 11.5 Å². The first-order valence-electron chi connectivity index (χ1n) is 38.7. The van der Waals surface area contributed by atoms with Gasteiger partial charge in [-0.05, 0) is 150 Å². The fourth-order valence-electron chi connectivity index (χ4n) is 14.6. The maximum absolute atomic E-state index is 10.0. The quantitative estimate of drug-likeness (QED) is 0.160. The van der Waals surface area contributed by atoms with Gasteiger partial charge in [-0.3, -0.25) is 0 Å². The summed E-state index contributed by atoms with van der Waals surface area (Å²) in [6, 6.07) is 47.0. The number of benzene rings is 12. The lowest BCUT2D eigenvalue weighted by molar-refractivity contribution is 0.435. The first-order chi connectivity index (χ1) is 50.2. The van der Waals surface area contributed by atoms with Crippen molar-refractivity contribution in [3.63, 3.8) is 0 Å². The highest BCUT2D eigenvalue weighted by molar-refractivity contribution is 6.99. The van der Waals surface area contributed by atoms with E-state index < -0.39 is 109 Å². The number of anilines is 3. The molecule has 5 heteroatoms. The number of ether oxygens (including phenoxy) is 1. The second-order valence-corrected chi connectivity index (χ2v) is 27.3. The van der Waals surface area contributed by atoms with E-state index in [0.717, 1.165) is 66.7 Å². The summed E-state index contributed by atoms with van der Waals surface area (Å²) in [7, 11) is 0. The predicted octanol–water partition coefficient (Wildman–Crippen LogP) is 20.2. The lowest BCUT2D eigenvalue weighted by Gasteiger charge is -2.50. The van der Waals surface area contributed by atoms with Gasteiger partial charge < -0.3 is 18.8 Å². The summed E-state index contributed by atoms with van der Waals surface area (Å²) in [4.78, 5) is 2.30. The summed E-state index contributed by atoms with van der Waals surface area (Å²) in [5, 5.41) is -0.383. The Hall–Kier alpha value is -10.1. The highest BCUT2D eigenvalue weighted by Crippen LogP contribution is 2.58. The first kappa shape index (κ1) is 39.7. The molecule has 0 saturated carbocycles. The highest BCUT2D eigenvalue weighted by atomic mass is 16.5. The Kier molecular flexibility index (Phi) is 8.59. The molecule has 0 radical (unpaired) electrons. The van der Waals surface area contributed by atoms with Crippen LogP contribution in [0, 0.1) is 0 Å². The zero-order valence-electron chi connectivity index (χ0n) is 67.4. The van der Waals surface area contributed by atoms with Crippen molar-refractivity contribution in [1.82, 2.24) is 9.13 Å². The van der Waals surface area contributed by atoms with E-state index in [4.69, 9.17) is 7.48 Å². The minimum absolute atomic E-state index is 0.0703. The summed E-state index contributed by atoms with van der Waals surface area (Å²) in [6.45, 7) is 19.1. The van der Waals surface area contributed by atoms with Crippen molar-refractivity contribution >= 4 is 83.8 Å². The third kappa shape index (κ3) is 7.94. The fourth-order valence-corrected chi connectivity index (χ4v) is 14.6. The van der Waals surface area contributed by atoms with Crippen LogP contribution in [-0.2, 0) is 21.7 Å². The number of aromatic nitrogens is 2. The van der Waals surface area contributed by atoms with Gasteiger partial charge in [-0.25, -0.2) is 0 Å². The Morgan fingerprint density at radius 3 is 1.42 bits per heavy atom. The molecular weight excluding hydrogens is 1090 g/mol. The number of hydrogen-bond donors (Lipinski definition) is 0. The fraction of sp³-hybridized carbons (Fsp3) is 0.153. The maximum atomic E-state index is 10.0. The molecule has 0 fully saturated rings. The number of fused-ring (bicyclic) bond motifs is 16. The van der Waals surface area contributed by atoms with Gasteiger partial charge in [-0.1, -0.05) is 249 Å². The summed E-state index contributed by atoms with van der Waals surface area (Å²) < 4.78 is 162. The molecule has 2 aromatic heterocycles. The zero-order chi connectivity index (χ0) is 75.1. The lowest BCUT2D eigenvalue weighted by Crippen LogP contribution is -2.65. The summed E-state index contributed by atoms with van der Waals surface area (Å²) in [5.74, 6) is 0.925. The molecule has 0 atom stereocenters. The molecule has 0 aliphatic carbocycles. The van der Waals surface area contributed by atoms with Crippen LogP contribution in [-0.4, -0.2) is 15.8 Å². The van der Waals surface area contributed by atoms with Gasteiger partial charge in [-0.15, -0.1) is 0 Å². The third-order valence-corrected chi connectivity index (χ3v) is 19.0. The van der Waals surface area contributed by atoms with Crippen molar-refractivity contribution in [1.29, 1.82) is 0 Å². The molecule has 434 valence electrons. The van der Waals surface area contributed by atoms with E-state index in [9.17, 15) is 19.2 Å². The van der Waals surface area contributed by atoms with Gasteiger partial charge in [0.15, 0.2) is 0 Å². The van der Waals surface area contributed by atoms with Crippen molar-refractivity contribution in [2.45, 2.75) is 84.0 Å². The van der Waals surface area contributed by atoms with Gasteiger partial charge in [0.25, 0.3) is 0 Å². The lowest BCUT2D eigenvalue weighted by atomic mass is 9.29. The molecule has 14 aromatic rings. The van der Waals surface area contributed by atoms with Gasteiger partial charge >= 0.3 is 0 Å². The normalized spacial score (nSPS) is 16.5. The molecule has 3 aliphatic heterocycles. The van der Waals surface area contributed by atoms with Crippen LogP contribution >= 0.6 is 0 Å². The zero-order valence-corrected chi connectivity index (χ0v) is 51.4. The molecule has 17 rings (SSSR count). The molecule has 0 unspecified atom stereocenters. The maximum Gasteiger partial charge on any atom is 0.247 e. The molecular formula is C85H70BN3O. The van der Waals surface area contributed by atoms with Crippen molar-refractivity contribution in [3.8, 4) is 45.1 Å². The summed E-state index contributed by atoms with van der Waals surface area (Å²) in [5.41, 5.74) is 12.0. The van der Waals surface area contributed by atoms with Gasteiger partial charge in [0.05, 0.1) is 55.1 Å². The Morgan fingerprint density at radius 1 is 0.367 bits per heavy atom. The summed E-state index contributed by atoms with van der Waals surface area (Å²) in [6.07, 6.45) is 0. The van der Waals surface area contributed by atoms with Crippen LogP contribution in [0.25, 0.3) is 77.2 Å². The predicted molar refractivity (Wildman–Crippen MR) is 380 cm³/mol. The summed E-state index contributed by atoms with van der Waals surface area (Å²) >= 11 is 0. The highest BCUT2D eigenvalue weighted by Gasteiger charge is 2.55. The second-order valence-electron chi connectivity index (χ2n) is 27.3. The third-order valence-electron chi connectivity index (χ3n) is 19.0. The van der Waals surface area contributed by atoms with Crippen LogP contribution in [0.4, 0.5) is 17.1 Å². The number of para-hydroxylation sites is 6. The molecule has 1 spiro atoms. The Balaban J connectivity index is 1.13. The van der Waals surface area contributed by atoms with Crippen LogP contribution in [0.2, 0.25) is 0 Å². The van der Waals surface area contributed by atoms with E-state index in [2.05, 4.69) is 134 Å². The van der Waals surface area contributed by atoms with Gasteiger partial charge in [0.2, 0.25) is 6.71 Å². The number of nitrogens with zero attached hydrogens (tertiary/aromatic N) is 3. The van der Waals surface area contributed by atoms with Crippen LogP contribution in [0.3, 0.4) is 0 Å². The molecule has 12 aromatic carbocycles. The molecule has 0 saturated heterocycles. The minimum Gasteiger partial charge on any atom is -0.457 e. The Bertz CT molecular complexity index is 6070. The number of hydrogen-bond acceptors (Lipinski definition) is 2. The molecule has 3 aliphatic rings. The van der Waals surface area contributed by atoms with Crippen molar-refractivity contribution < 1.29 is 26.7 Å². The van der Waals surface area contributed by atoms with Crippen molar-refractivity contribution in [2.75, 3.05) is 4.90 Å². The molecule has 0 bridgehead atoms. The molecule has 5 heterocycles. The first-order valence-corrected chi connectivity index (χ1v) is 30.7. The van der Waals surface area contributed by atoms with E-state index in [1.807, 2.05) is 97.1 Å². The average molecular weight is 1180 g/mol. The van der Waals surface area contributed by atoms with E-state index in [1.165, 1.54) is 4.57 Å². The molecule has 0 amide bonds. The molecule has 90 heavy (non-hydrogen) atoms. The monoisotopic (exact) mass is 1180 g/mol. The van der Waals surface area contributed by atoms with Crippen molar-refractivity contribution in [3.05, 3.63) is 299 Å². The SMILES string of the molecule is [2H]c1c([2H])c([2H])c2c(c1[2H])c1c([2H])c([2H])c([2H])c([2H])c1n2-c1ccc2c(c1)C1(c3ccccc3Oc3ccccc31)c1cc(-n3c4c([2H])c([2H])c([2H])c([2H])c4c4c([2H])c([2H])c([2H])c([2H])c43)cc3c1B2c1ccc(-c2cc(C(C)(C)C)cc(C(C)(C)C)c2)cc1N3c1ccc(C(C)(C)C)cc1-c1ccccc1. The van der Waals surface area contributed by atoms with E-state index >= 15 is 0 Å². The molecule has 0 N–H and O–H groups in total. The van der Waals surface area contributed by atoms with Crippen LogP contribution < -0.4 is 26.0 Å². The van der Waals surface area contributed by atoms with Crippen molar-refractivity contribution in [2.24, 2.45) is 0 Å². The number of rotatable bonds is 5. The molecule has 4 nitrogen and oxygen atoms in total. The second kappa shape index (κ2) is 19.5. The van der Waals surface area contributed by atoms with Gasteiger partial charge in [0, 0.05) is 61.0 Å². The largest absolute Gasteiger partial charge is 0.457 e. The Labute approximate surface area is 550 Å².